The molecule has 3 aliphatic rings. The monoisotopic (exact) mass is 416 g/mol. The van der Waals surface area contributed by atoms with Gasteiger partial charge in [0.25, 0.3) is 5.91 Å². The van der Waals surface area contributed by atoms with Crippen LogP contribution in [-0.4, -0.2) is 36.9 Å². The van der Waals surface area contributed by atoms with Crippen LogP contribution in [0.3, 0.4) is 0 Å². The maximum Gasteiger partial charge on any atom is 0.260 e. The highest BCUT2D eigenvalue weighted by Crippen LogP contribution is 2.41. The van der Waals surface area contributed by atoms with Gasteiger partial charge < -0.3 is 15.3 Å². The van der Waals surface area contributed by atoms with Crippen molar-refractivity contribution in [3.8, 4) is 0 Å². The van der Waals surface area contributed by atoms with Crippen LogP contribution in [0.5, 0.6) is 0 Å². The molecule has 2 aliphatic heterocycles. The molecule has 1 atom stereocenters. The van der Waals surface area contributed by atoms with Crippen LogP contribution in [0, 0.1) is 11.8 Å². The first kappa shape index (κ1) is 20.0. The number of carbonyl (C=O) groups excluding carboxylic acids is 1. The van der Waals surface area contributed by atoms with Gasteiger partial charge in [0.1, 0.15) is 11.3 Å². The molecule has 6 nitrogen and oxygen atoms in total. The third kappa shape index (κ3) is 3.56. The van der Waals surface area contributed by atoms with Crippen LogP contribution in [0.25, 0.3) is 0 Å². The fourth-order valence-electron chi connectivity index (χ4n) is 4.78. The van der Waals surface area contributed by atoms with Gasteiger partial charge in [-0.15, -0.1) is 0 Å². The van der Waals surface area contributed by atoms with E-state index in [4.69, 9.17) is 0 Å². The second-order valence-electron chi connectivity index (χ2n) is 8.65. The zero-order chi connectivity index (χ0) is 20.8. The average molecular weight is 417 g/mol. The molecule has 1 aromatic rings. The summed E-state index contributed by atoms with van der Waals surface area (Å²) in [6.07, 6.45) is 5.31. The van der Waals surface area contributed by atoms with Gasteiger partial charge in [0, 0.05) is 6.54 Å². The summed E-state index contributed by atoms with van der Waals surface area (Å²) < 4.78 is 25.5. The molecule has 0 saturated heterocycles. The van der Waals surface area contributed by atoms with E-state index in [9.17, 15) is 18.3 Å². The highest BCUT2D eigenvalue weighted by molar-refractivity contribution is 7.94. The maximum atomic E-state index is 13.4. The third-order valence-corrected chi connectivity index (χ3v) is 7.53. The molecule has 1 aliphatic carbocycles. The maximum absolute atomic E-state index is 13.4. The molecule has 4 rings (SSSR count). The number of aliphatic hydroxyl groups is 1. The number of fused-ring (bicyclic) bond motifs is 1. The number of rotatable bonds is 4. The number of sulfone groups is 1. The Labute approximate surface area is 172 Å². The minimum Gasteiger partial charge on any atom is -0.509 e. The smallest absolute Gasteiger partial charge is 0.260 e. The van der Waals surface area contributed by atoms with Crippen molar-refractivity contribution in [2.75, 3.05) is 11.9 Å². The molecule has 1 amide bonds. The number of benzene rings is 1. The Balaban J connectivity index is 1.77. The topological polar surface area (TPSA) is 86.7 Å². The Hall–Kier alpha value is -2.28. The van der Waals surface area contributed by atoms with E-state index in [-0.39, 0.29) is 45.7 Å². The number of hydrogen-bond acceptors (Lipinski definition) is 5. The van der Waals surface area contributed by atoms with Crippen molar-refractivity contribution < 1.29 is 18.3 Å². The molecule has 7 heteroatoms. The number of hydrogen-bond donors (Lipinski definition) is 2. The van der Waals surface area contributed by atoms with Crippen LogP contribution in [-0.2, 0) is 14.6 Å². The number of aliphatic hydroxyl groups excluding tert-OH is 1. The summed E-state index contributed by atoms with van der Waals surface area (Å²) in [7, 11) is -3.70. The average Bonchev–Trinajstić information content (AvgIpc) is 2.91. The van der Waals surface area contributed by atoms with Crippen LogP contribution in [0.2, 0.25) is 0 Å². The zero-order valence-electron chi connectivity index (χ0n) is 16.9. The van der Waals surface area contributed by atoms with Crippen molar-refractivity contribution in [2.24, 2.45) is 11.8 Å². The van der Waals surface area contributed by atoms with Crippen molar-refractivity contribution in [3.05, 3.63) is 46.7 Å². The van der Waals surface area contributed by atoms with Crippen molar-refractivity contribution in [1.29, 1.82) is 0 Å². The molecule has 0 aromatic heterocycles. The van der Waals surface area contributed by atoms with Crippen molar-refractivity contribution in [3.63, 3.8) is 0 Å². The first-order valence-electron chi connectivity index (χ1n) is 10.4. The molecule has 0 unspecified atom stereocenters. The van der Waals surface area contributed by atoms with Crippen molar-refractivity contribution in [2.45, 2.75) is 56.9 Å². The number of nitrogens with one attached hydrogen (secondary N) is 1. The minimum absolute atomic E-state index is 0.0101. The standard InChI is InChI=1S/C22H28N2O4S/c1-14(2)12-24-20(15-8-4-3-5-9-15)21(25)19(22(24)26)17-13-29(27,28)18-11-7-6-10-16(18)23-17/h6-7,10-11,13-15,20,23,25H,3-5,8-9,12H2,1-2H3/t20-/m0/s1. The predicted molar refractivity (Wildman–Crippen MR) is 112 cm³/mol. The van der Waals surface area contributed by atoms with Crippen LogP contribution in [0.1, 0.15) is 46.0 Å². The van der Waals surface area contributed by atoms with Crippen LogP contribution in [0.15, 0.2) is 51.6 Å². The fourth-order valence-corrected chi connectivity index (χ4v) is 6.09. The molecule has 0 spiro atoms. The zero-order valence-corrected chi connectivity index (χ0v) is 17.7. The van der Waals surface area contributed by atoms with Gasteiger partial charge in [-0.3, -0.25) is 4.79 Å². The Bertz CT molecular complexity index is 988. The van der Waals surface area contributed by atoms with Gasteiger partial charge in [0.2, 0.25) is 9.84 Å². The summed E-state index contributed by atoms with van der Waals surface area (Å²) in [5, 5.41) is 15.3. The van der Waals surface area contributed by atoms with Crippen LogP contribution in [0.4, 0.5) is 5.69 Å². The van der Waals surface area contributed by atoms with E-state index in [1.807, 2.05) is 13.8 Å². The minimum atomic E-state index is -3.70. The van der Waals surface area contributed by atoms with Gasteiger partial charge in [-0.25, -0.2) is 8.42 Å². The van der Waals surface area contributed by atoms with E-state index in [2.05, 4.69) is 5.32 Å². The first-order valence-corrected chi connectivity index (χ1v) is 11.9. The quantitative estimate of drug-likeness (QED) is 0.775. The molecule has 1 saturated carbocycles. The number of carbonyl (C=O) groups is 1. The number of para-hydroxylation sites is 1. The Morgan fingerprint density at radius 3 is 2.55 bits per heavy atom. The molecular formula is C22H28N2O4S. The number of anilines is 1. The summed E-state index contributed by atoms with van der Waals surface area (Å²) >= 11 is 0. The molecule has 2 N–H and O–H groups in total. The molecule has 1 fully saturated rings. The Kier molecular flexibility index (Phi) is 5.19. The van der Waals surface area contributed by atoms with Crippen molar-refractivity contribution in [1.82, 2.24) is 4.90 Å². The van der Waals surface area contributed by atoms with Crippen LogP contribution < -0.4 is 5.32 Å². The summed E-state index contributed by atoms with van der Waals surface area (Å²) in [6, 6.07) is 6.23. The molecule has 156 valence electrons. The molecular weight excluding hydrogens is 388 g/mol. The van der Waals surface area contributed by atoms with E-state index in [0.717, 1.165) is 31.1 Å². The lowest BCUT2D eigenvalue weighted by molar-refractivity contribution is -0.128. The van der Waals surface area contributed by atoms with E-state index >= 15 is 0 Å². The lowest BCUT2D eigenvalue weighted by Crippen LogP contribution is -2.43. The van der Waals surface area contributed by atoms with E-state index in [0.29, 0.717) is 12.2 Å². The van der Waals surface area contributed by atoms with Gasteiger partial charge in [-0.1, -0.05) is 45.2 Å². The van der Waals surface area contributed by atoms with Crippen molar-refractivity contribution >= 4 is 21.4 Å². The molecule has 0 radical (unpaired) electrons. The van der Waals surface area contributed by atoms with Gasteiger partial charge in [0.15, 0.2) is 0 Å². The molecule has 0 bridgehead atoms. The largest absolute Gasteiger partial charge is 0.509 e. The summed E-state index contributed by atoms with van der Waals surface area (Å²) in [6.45, 7) is 4.61. The van der Waals surface area contributed by atoms with Gasteiger partial charge in [0.05, 0.1) is 27.7 Å². The summed E-state index contributed by atoms with van der Waals surface area (Å²) in [4.78, 5) is 15.3. The Morgan fingerprint density at radius 1 is 1.17 bits per heavy atom. The number of nitrogens with zero attached hydrogens (tertiary/aromatic N) is 1. The van der Waals surface area contributed by atoms with Gasteiger partial charge in [-0.2, -0.15) is 0 Å². The lowest BCUT2D eigenvalue weighted by Gasteiger charge is -2.35. The molecule has 29 heavy (non-hydrogen) atoms. The fraction of sp³-hybridized carbons (Fsp3) is 0.500. The van der Waals surface area contributed by atoms with E-state index in [1.165, 1.54) is 12.5 Å². The highest BCUT2D eigenvalue weighted by atomic mass is 32.2. The third-order valence-electron chi connectivity index (χ3n) is 6.01. The molecule has 2 heterocycles. The van der Waals surface area contributed by atoms with Gasteiger partial charge >= 0.3 is 0 Å². The van der Waals surface area contributed by atoms with Gasteiger partial charge in [-0.05, 0) is 36.8 Å². The lowest BCUT2D eigenvalue weighted by atomic mass is 9.82. The normalized spacial score (nSPS) is 24.5. The second kappa shape index (κ2) is 7.52. The SMILES string of the molecule is CC(C)CN1C(=O)C(C2=CS(=O)(=O)c3ccccc3N2)=C(O)[C@@H]1C1CCCCC1. The van der Waals surface area contributed by atoms with Crippen LogP contribution >= 0.6 is 0 Å². The first-order chi connectivity index (χ1) is 13.8. The molecule has 1 aromatic carbocycles. The highest BCUT2D eigenvalue weighted by Gasteiger charge is 2.45. The van der Waals surface area contributed by atoms with E-state index in [1.54, 1.807) is 23.1 Å². The Morgan fingerprint density at radius 2 is 1.86 bits per heavy atom. The summed E-state index contributed by atoms with van der Waals surface area (Å²) in [5.74, 6) is 0.169. The predicted octanol–water partition coefficient (Wildman–Crippen LogP) is 3.99. The second-order valence-corrected chi connectivity index (χ2v) is 10.4. The summed E-state index contributed by atoms with van der Waals surface area (Å²) in [5.41, 5.74) is 0.687. The van der Waals surface area contributed by atoms with E-state index < -0.39 is 9.84 Å². The number of amides is 1.